The Morgan fingerprint density at radius 2 is 1.70 bits per heavy atom. The van der Waals surface area contributed by atoms with Crippen molar-refractivity contribution in [1.82, 2.24) is 0 Å². The van der Waals surface area contributed by atoms with E-state index in [1.54, 1.807) is 18.2 Å². The number of rotatable bonds is 4. The lowest BCUT2D eigenvalue weighted by Crippen LogP contribution is -2.14. The van der Waals surface area contributed by atoms with E-state index in [9.17, 15) is 9.18 Å². The number of carbonyl (C=O) groups excluding carboxylic acids is 1. The largest absolute Gasteiger partial charge is 0.494 e. The number of methoxy groups -OCH3 is 1. The normalized spacial score (nSPS) is 10.1. The molecule has 0 fully saturated rings. The van der Waals surface area contributed by atoms with Crippen molar-refractivity contribution in [3.8, 4) is 17.2 Å². The number of para-hydroxylation sites is 1. The van der Waals surface area contributed by atoms with Crippen LogP contribution in [-0.2, 0) is 0 Å². The van der Waals surface area contributed by atoms with Gasteiger partial charge in [-0.2, -0.15) is 0 Å². The van der Waals surface area contributed by atoms with E-state index in [-0.39, 0.29) is 22.7 Å². The molecule has 1 amide bonds. The Morgan fingerprint density at radius 1 is 1.10 bits per heavy atom. The number of halogens is 1. The average Bonchev–Trinajstić information content (AvgIpc) is 2.41. The van der Waals surface area contributed by atoms with E-state index >= 15 is 0 Å². The molecule has 0 aliphatic heterocycles. The first-order valence-electron chi connectivity index (χ1n) is 5.73. The number of primary amides is 1. The maximum atomic E-state index is 13.6. The zero-order valence-corrected chi connectivity index (χ0v) is 10.7. The van der Waals surface area contributed by atoms with E-state index < -0.39 is 11.7 Å². The smallest absolute Gasteiger partial charge is 0.255 e. The van der Waals surface area contributed by atoms with Crippen LogP contribution in [0, 0.1) is 5.82 Å². The summed E-state index contributed by atoms with van der Waals surface area (Å²) in [6, 6.07) is 8.86. The van der Waals surface area contributed by atoms with Gasteiger partial charge < -0.3 is 20.9 Å². The Balaban J connectivity index is 2.46. The van der Waals surface area contributed by atoms with Gasteiger partial charge in [0, 0.05) is 0 Å². The third-order valence-corrected chi connectivity index (χ3v) is 2.69. The van der Waals surface area contributed by atoms with Crippen LogP contribution in [0.1, 0.15) is 10.4 Å². The highest BCUT2D eigenvalue weighted by Gasteiger charge is 2.17. The van der Waals surface area contributed by atoms with E-state index in [1.807, 2.05) is 0 Å². The van der Waals surface area contributed by atoms with Crippen LogP contribution in [-0.4, -0.2) is 13.0 Å². The zero-order valence-electron chi connectivity index (χ0n) is 10.7. The fourth-order valence-corrected chi connectivity index (χ4v) is 1.74. The van der Waals surface area contributed by atoms with Crippen molar-refractivity contribution < 1.29 is 18.7 Å². The minimum atomic E-state index is -0.917. The van der Waals surface area contributed by atoms with Gasteiger partial charge in [0.05, 0.1) is 7.11 Å². The lowest BCUT2D eigenvalue weighted by atomic mass is 10.1. The molecule has 0 heterocycles. The monoisotopic (exact) mass is 276 g/mol. The first kappa shape index (κ1) is 13.7. The number of ether oxygens (including phenoxy) is 2. The van der Waals surface area contributed by atoms with E-state index in [0.29, 0.717) is 5.75 Å². The van der Waals surface area contributed by atoms with Crippen molar-refractivity contribution in [2.24, 2.45) is 5.73 Å². The molecule has 5 nitrogen and oxygen atoms in total. The van der Waals surface area contributed by atoms with Crippen LogP contribution < -0.4 is 20.9 Å². The maximum Gasteiger partial charge on any atom is 0.255 e. The van der Waals surface area contributed by atoms with Crippen LogP contribution >= 0.6 is 0 Å². The summed E-state index contributed by atoms with van der Waals surface area (Å²) in [6.07, 6.45) is 0. The molecule has 0 aliphatic rings. The summed E-state index contributed by atoms with van der Waals surface area (Å²) in [5, 5.41) is 0. The molecule has 0 aromatic heterocycles. The first-order chi connectivity index (χ1) is 9.54. The molecule has 0 atom stereocenters. The number of nitrogen functional groups attached to an aromatic ring is 1. The van der Waals surface area contributed by atoms with Crippen LogP contribution in [0.15, 0.2) is 36.4 Å². The van der Waals surface area contributed by atoms with Gasteiger partial charge >= 0.3 is 0 Å². The number of nitrogens with two attached hydrogens (primary N) is 2. The molecule has 0 saturated carbocycles. The van der Waals surface area contributed by atoms with Crippen LogP contribution in [0.4, 0.5) is 10.1 Å². The van der Waals surface area contributed by atoms with Crippen molar-refractivity contribution in [3.05, 3.63) is 47.8 Å². The van der Waals surface area contributed by atoms with Crippen LogP contribution in [0.25, 0.3) is 0 Å². The fourth-order valence-electron chi connectivity index (χ4n) is 1.74. The average molecular weight is 276 g/mol. The summed E-state index contributed by atoms with van der Waals surface area (Å²) in [5.41, 5.74) is 10.9. The Morgan fingerprint density at radius 3 is 2.35 bits per heavy atom. The fraction of sp³-hybridized carbons (Fsp3) is 0.0714. The van der Waals surface area contributed by atoms with Crippen LogP contribution in [0.3, 0.4) is 0 Å². The lowest BCUT2D eigenvalue weighted by molar-refractivity contribution is 0.0994. The number of carbonyl (C=O) groups is 1. The van der Waals surface area contributed by atoms with Gasteiger partial charge in [0.1, 0.15) is 28.6 Å². The minimum absolute atomic E-state index is 0.00236. The van der Waals surface area contributed by atoms with Crippen molar-refractivity contribution in [2.45, 2.75) is 0 Å². The van der Waals surface area contributed by atoms with Gasteiger partial charge in [-0.25, -0.2) is 4.39 Å². The minimum Gasteiger partial charge on any atom is -0.494 e. The number of hydrogen-bond donors (Lipinski definition) is 2. The highest BCUT2D eigenvalue weighted by Crippen LogP contribution is 2.35. The Labute approximate surface area is 114 Å². The van der Waals surface area contributed by atoms with Gasteiger partial charge in [-0.3, -0.25) is 4.79 Å². The van der Waals surface area contributed by atoms with E-state index in [0.717, 1.165) is 6.07 Å². The second-order valence-electron chi connectivity index (χ2n) is 3.95. The summed E-state index contributed by atoms with van der Waals surface area (Å²) in [6.45, 7) is 0. The molecular formula is C14H13FN2O3. The topological polar surface area (TPSA) is 87.6 Å². The number of benzene rings is 2. The molecule has 0 spiro atoms. The molecule has 0 radical (unpaired) electrons. The second-order valence-corrected chi connectivity index (χ2v) is 3.95. The van der Waals surface area contributed by atoms with Gasteiger partial charge in [0.2, 0.25) is 0 Å². The summed E-state index contributed by atoms with van der Waals surface area (Å²) in [7, 11) is 1.46. The summed E-state index contributed by atoms with van der Waals surface area (Å²) in [5.74, 6) is -1.01. The van der Waals surface area contributed by atoms with E-state index in [2.05, 4.69) is 0 Å². The number of anilines is 1. The van der Waals surface area contributed by atoms with Gasteiger partial charge in [-0.15, -0.1) is 0 Å². The predicted molar refractivity (Wildman–Crippen MR) is 72.4 cm³/mol. The molecule has 0 saturated heterocycles. The zero-order chi connectivity index (χ0) is 14.7. The Kier molecular flexibility index (Phi) is 3.74. The highest BCUT2D eigenvalue weighted by molar-refractivity contribution is 5.96. The Hall–Kier alpha value is -2.76. The molecule has 2 rings (SSSR count). The summed E-state index contributed by atoms with van der Waals surface area (Å²) in [4.78, 5) is 11.3. The maximum absolute atomic E-state index is 13.6. The molecule has 4 N–H and O–H groups in total. The molecule has 20 heavy (non-hydrogen) atoms. The third kappa shape index (κ3) is 2.49. The second kappa shape index (κ2) is 5.48. The standard InChI is InChI=1S/C14H13FN2O3/c1-19-10-6-3-7-11(13(10)16)20-9-5-2-4-8(15)12(9)14(17)18/h2-7H,16H2,1H3,(H2,17,18). The van der Waals surface area contributed by atoms with Crippen LogP contribution in [0.2, 0.25) is 0 Å². The van der Waals surface area contributed by atoms with Gasteiger partial charge in [0.15, 0.2) is 5.75 Å². The highest BCUT2D eigenvalue weighted by atomic mass is 19.1. The molecule has 0 bridgehead atoms. The predicted octanol–water partition coefficient (Wildman–Crippen LogP) is 2.31. The molecule has 0 unspecified atom stereocenters. The van der Waals surface area contributed by atoms with E-state index in [1.165, 1.54) is 19.2 Å². The van der Waals surface area contributed by atoms with Crippen molar-refractivity contribution in [1.29, 1.82) is 0 Å². The molecule has 2 aromatic carbocycles. The Bertz CT molecular complexity index is 659. The summed E-state index contributed by atoms with van der Waals surface area (Å²) >= 11 is 0. The van der Waals surface area contributed by atoms with Gasteiger partial charge in [0.25, 0.3) is 5.91 Å². The molecule has 6 heteroatoms. The van der Waals surface area contributed by atoms with Crippen molar-refractivity contribution in [3.63, 3.8) is 0 Å². The summed E-state index contributed by atoms with van der Waals surface area (Å²) < 4.78 is 24.1. The quantitative estimate of drug-likeness (QED) is 0.839. The number of amides is 1. The van der Waals surface area contributed by atoms with E-state index in [4.69, 9.17) is 20.9 Å². The first-order valence-corrected chi connectivity index (χ1v) is 5.73. The van der Waals surface area contributed by atoms with Crippen molar-refractivity contribution in [2.75, 3.05) is 12.8 Å². The molecular weight excluding hydrogens is 263 g/mol. The molecule has 0 aliphatic carbocycles. The third-order valence-electron chi connectivity index (χ3n) is 2.69. The van der Waals surface area contributed by atoms with Gasteiger partial charge in [-0.05, 0) is 24.3 Å². The van der Waals surface area contributed by atoms with Gasteiger partial charge in [-0.1, -0.05) is 12.1 Å². The molecule has 2 aromatic rings. The SMILES string of the molecule is COc1cccc(Oc2cccc(F)c2C(N)=O)c1N. The lowest BCUT2D eigenvalue weighted by Gasteiger charge is -2.13. The molecule has 104 valence electrons. The van der Waals surface area contributed by atoms with Crippen molar-refractivity contribution >= 4 is 11.6 Å². The number of hydrogen-bond acceptors (Lipinski definition) is 4. The van der Waals surface area contributed by atoms with Crippen LogP contribution in [0.5, 0.6) is 17.2 Å².